The van der Waals surface area contributed by atoms with E-state index in [4.69, 9.17) is 11.6 Å². The highest BCUT2D eigenvalue weighted by Crippen LogP contribution is 2.37. The van der Waals surface area contributed by atoms with E-state index in [-0.39, 0.29) is 28.8 Å². The van der Waals surface area contributed by atoms with Crippen LogP contribution >= 0.6 is 27.5 Å². The molecule has 0 saturated carbocycles. The van der Waals surface area contributed by atoms with Gasteiger partial charge >= 0.3 is 6.18 Å². The third kappa shape index (κ3) is 9.61. The van der Waals surface area contributed by atoms with Gasteiger partial charge in [-0.3, -0.25) is 13.9 Å². The van der Waals surface area contributed by atoms with E-state index in [1.54, 1.807) is 54.6 Å². The first-order chi connectivity index (χ1) is 22.7. The van der Waals surface area contributed by atoms with Crippen LogP contribution < -0.4 is 9.62 Å². The summed E-state index contributed by atoms with van der Waals surface area (Å²) in [6.45, 7) is 3.11. The minimum Gasteiger partial charge on any atom is -0.354 e. The van der Waals surface area contributed by atoms with E-state index in [0.29, 0.717) is 22.5 Å². The van der Waals surface area contributed by atoms with Crippen LogP contribution in [0.15, 0.2) is 112 Å². The number of benzene rings is 4. The summed E-state index contributed by atoms with van der Waals surface area (Å²) in [6.07, 6.45) is -4.74. The van der Waals surface area contributed by atoms with Crippen molar-refractivity contribution in [1.29, 1.82) is 0 Å². The van der Waals surface area contributed by atoms with E-state index < -0.39 is 51.9 Å². The van der Waals surface area contributed by atoms with Crippen molar-refractivity contribution in [2.24, 2.45) is 5.92 Å². The van der Waals surface area contributed by atoms with Gasteiger partial charge < -0.3 is 10.2 Å². The molecule has 0 heterocycles. The lowest BCUT2D eigenvalue weighted by molar-refractivity contribution is -0.140. The summed E-state index contributed by atoms with van der Waals surface area (Å²) < 4.78 is 71.1. The van der Waals surface area contributed by atoms with Gasteiger partial charge in [-0.2, -0.15) is 13.2 Å². The van der Waals surface area contributed by atoms with Crippen LogP contribution in [0.1, 0.15) is 30.5 Å². The second-order valence-corrected chi connectivity index (χ2v) is 14.7. The molecular weight excluding hydrogens is 731 g/mol. The third-order valence-electron chi connectivity index (χ3n) is 7.37. The van der Waals surface area contributed by atoms with E-state index in [0.717, 1.165) is 22.2 Å². The molecule has 13 heteroatoms. The van der Waals surface area contributed by atoms with Crippen LogP contribution in [0.25, 0.3) is 0 Å². The highest BCUT2D eigenvalue weighted by Gasteiger charge is 2.37. The average molecular weight is 765 g/mol. The molecule has 0 spiro atoms. The van der Waals surface area contributed by atoms with Gasteiger partial charge in [0.05, 0.1) is 21.2 Å². The monoisotopic (exact) mass is 763 g/mol. The molecule has 0 aliphatic heterocycles. The van der Waals surface area contributed by atoms with Crippen LogP contribution in [-0.2, 0) is 38.8 Å². The predicted molar refractivity (Wildman–Crippen MR) is 184 cm³/mol. The summed E-state index contributed by atoms with van der Waals surface area (Å²) in [4.78, 5) is 29.3. The number of anilines is 1. The summed E-state index contributed by atoms with van der Waals surface area (Å²) in [5.74, 6) is -1.20. The number of alkyl halides is 3. The van der Waals surface area contributed by atoms with E-state index in [1.165, 1.54) is 29.2 Å². The Hall–Kier alpha value is -3.87. The Bertz CT molecular complexity index is 1810. The molecule has 0 unspecified atom stereocenters. The van der Waals surface area contributed by atoms with Crippen LogP contribution in [0.5, 0.6) is 0 Å². The predicted octanol–water partition coefficient (Wildman–Crippen LogP) is 7.73. The minimum atomic E-state index is -4.82. The number of nitrogens with one attached hydrogen (secondary N) is 1. The Morgan fingerprint density at radius 2 is 1.48 bits per heavy atom. The molecule has 4 rings (SSSR count). The van der Waals surface area contributed by atoms with Crippen LogP contribution in [0.4, 0.5) is 18.9 Å². The second kappa shape index (κ2) is 16.0. The molecule has 2 amide bonds. The van der Waals surface area contributed by atoms with Crippen molar-refractivity contribution in [2.75, 3.05) is 17.4 Å². The summed E-state index contributed by atoms with van der Waals surface area (Å²) in [5.41, 5.74) is -0.304. The molecule has 0 bridgehead atoms. The fraction of sp³-hybridized carbons (Fsp3) is 0.257. The van der Waals surface area contributed by atoms with Gasteiger partial charge in [0.1, 0.15) is 12.6 Å². The molecule has 4 aromatic rings. The number of halogens is 5. The molecule has 0 saturated heterocycles. The van der Waals surface area contributed by atoms with Gasteiger partial charge in [0.15, 0.2) is 0 Å². The lowest BCUT2D eigenvalue weighted by atomic mass is 10.0. The number of carbonyl (C=O) groups is 2. The zero-order chi connectivity index (χ0) is 35.1. The maximum Gasteiger partial charge on any atom is 0.416 e. The number of sulfonamides is 1. The molecule has 48 heavy (non-hydrogen) atoms. The standard InChI is InChI=1S/C35H34BrClF3N3O4S/c1-24(2)21-41-34(45)32(19-25-9-5-3-6-10-25)42(22-26-13-16-28(36)17-14-26)33(44)23-43(48(46,47)29-11-7-4-8-12-29)31-20-27(35(38,39)40)15-18-30(31)37/h3-18,20,24,32H,19,21-23H2,1-2H3,(H,41,45)/t32-/m0/s1. The number of hydrogen-bond donors (Lipinski definition) is 1. The van der Waals surface area contributed by atoms with Crippen molar-refractivity contribution in [3.63, 3.8) is 0 Å². The molecule has 0 radical (unpaired) electrons. The van der Waals surface area contributed by atoms with E-state index in [2.05, 4.69) is 21.2 Å². The number of amides is 2. The van der Waals surface area contributed by atoms with E-state index in [9.17, 15) is 31.2 Å². The van der Waals surface area contributed by atoms with Crippen molar-refractivity contribution < 1.29 is 31.2 Å². The quantitative estimate of drug-likeness (QED) is 0.151. The lowest BCUT2D eigenvalue weighted by Gasteiger charge is -2.34. The molecule has 0 aliphatic carbocycles. The van der Waals surface area contributed by atoms with Crippen LogP contribution in [0, 0.1) is 5.92 Å². The first-order valence-electron chi connectivity index (χ1n) is 15.0. The number of rotatable bonds is 13. The lowest BCUT2D eigenvalue weighted by Crippen LogP contribution is -2.53. The van der Waals surface area contributed by atoms with E-state index in [1.807, 2.05) is 19.9 Å². The summed E-state index contributed by atoms with van der Waals surface area (Å²) >= 11 is 9.76. The zero-order valence-corrected chi connectivity index (χ0v) is 29.3. The molecule has 254 valence electrons. The van der Waals surface area contributed by atoms with Gasteiger partial charge in [0.25, 0.3) is 10.0 Å². The Morgan fingerprint density at radius 3 is 2.06 bits per heavy atom. The largest absolute Gasteiger partial charge is 0.416 e. The molecule has 1 N–H and O–H groups in total. The summed E-state index contributed by atoms with van der Waals surface area (Å²) in [7, 11) is -4.64. The molecule has 1 atom stereocenters. The van der Waals surface area contributed by atoms with Crippen molar-refractivity contribution in [3.05, 3.63) is 129 Å². The molecule has 0 fully saturated rings. The Balaban J connectivity index is 1.86. The van der Waals surface area contributed by atoms with Crippen molar-refractivity contribution in [2.45, 2.75) is 43.9 Å². The SMILES string of the molecule is CC(C)CNC(=O)[C@H](Cc1ccccc1)N(Cc1ccc(Br)cc1)C(=O)CN(c1cc(C(F)(F)F)ccc1Cl)S(=O)(=O)c1ccccc1. The van der Waals surface area contributed by atoms with Gasteiger partial charge in [0, 0.05) is 24.0 Å². The first-order valence-corrected chi connectivity index (χ1v) is 17.6. The maximum atomic E-state index is 14.5. The van der Waals surface area contributed by atoms with Crippen LogP contribution in [-0.4, -0.2) is 44.3 Å². The summed E-state index contributed by atoms with van der Waals surface area (Å²) in [5, 5.41) is 2.57. The van der Waals surface area contributed by atoms with Crippen molar-refractivity contribution >= 4 is 55.1 Å². The van der Waals surface area contributed by atoms with Crippen LogP contribution in [0.2, 0.25) is 5.02 Å². The van der Waals surface area contributed by atoms with Crippen molar-refractivity contribution in [1.82, 2.24) is 10.2 Å². The highest BCUT2D eigenvalue weighted by atomic mass is 79.9. The normalized spacial score (nSPS) is 12.4. The fourth-order valence-electron chi connectivity index (χ4n) is 4.88. The Kier molecular flexibility index (Phi) is 12.3. The fourth-order valence-corrected chi connectivity index (χ4v) is 6.86. The number of carbonyl (C=O) groups excluding carboxylic acids is 2. The number of nitrogens with zero attached hydrogens (tertiary/aromatic N) is 2. The molecule has 4 aromatic carbocycles. The van der Waals surface area contributed by atoms with Crippen molar-refractivity contribution in [3.8, 4) is 0 Å². The molecular formula is C35H34BrClF3N3O4S. The van der Waals surface area contributed by atoms with Gasteiger partial charge in [-0.15, -0.1) is 0 Å². The van der Waals surface area contributed by atoms with Gasteiger partial charge in [0.2, 0.25) is 11.8 Å². The average Bonchev–Trinajstić information content (AvgIpc) is 3.05. The Labute approximate surface area is 291 Å². The second-order valence-electron chi connectivity index (χ2n) is 11.5. The molecule has 7 nitrogen and oxygen atoms in total. The Morgan fingerprint density at radius 1 is 0.875 bits per heavy atom. The van der Waals surface area contributed by atoms with E-state index >= 15 is 0 Å². The maximum absolute atomic E-state index is 14.5. The molecule has 0 aromatic heterocycles. The minimum absolute atomic E-state index is 0.0861. The van der Waals surface area contributed by atoms with Gasteiger partial charge in [-0.1, -0.05) is 102 Å². The number of hydrogen-bond acceptors (Lipinski definition) is 4. The first kappa shape index (κ1) is 37.0. The van der Waals surface area contributed by atoms with Crippen LogP contribution in [0.3, 0.4) is 0 Å². The zero-order valence-electron chi connectivity index (χ0n) is 26.1. The summed E-state index contributed by atoms with van der Waals surface area (Å²) in [6, 6.07) is 24.2. The van der Waals surface area contributed by atoms with Gasteiger partial charge in [-0.25, -0.2) is 8.42 Å². The highest BCUT2D eigenvalue weighted by molar-refractivity contribution is 9.10. The smallest absolute Gasteiger partial charge is 0.354 e. The van der Waals surface area contributed by atoms with Gasteiger partial charge in [-0.05, 0) is 59.5 Å². The third-order valence-corrected chi connectivity index (χ3v) is 10.00. The molecule has 0 aliphatic rings. The topological polar surface area (TPSA) is 86.8 Å².